The summed E-state index contributed by atoms with van der Waals surface area (Å²) in [5.41, 5.74) is -1.26. The second-order valence-corrected chi connectivity index (χ2v) is 13.3. The SMILES string of the molecule is CC(C)(C)OC(=O)COC(c1ccc(-c2nccs2)c2oc(N3CC4CC(C3)N4C(=O)OC(C)(C)C)nc12)C(F)(F)F. The Morgan fingerprint density at radius 2 is 1.74 bits per heavy atom. The number of amides is 1. The van der Waals surface area contributed by atoms with Crippen LogP contribution >= 0.6 is 11.3 Å². The number of carbonyl (C=O) groups excluding carboxylic acids is 2. The van der Waals surface area contributed by atoms with E-state index in [1.165, 1.54) is 23.5 Å². The van der Waals surface area contributed by atoms with Crippen molar-refractivity contribution >= 4 is 40.5 Å². The van der Waals surface area contributed by atoms with E-state index in [1.807, 2.05) is 4.90 Å². The zero-order chi connectivity index (χ0) is 30.6. The summed E-state index contributed by atoms with van der Waals surface area (Å²) in [5.74, 6) is -0.921. The lowest BCUT2D eigenvalue weighted by Crippen LogP contribution is -2.70. The molecule has 6 rings (SSSR count). The monoisotopic (exact) mass is 610 g/mol. The third-order valence-corrected chi connectivity index (χ3v) is 7.47. The third-order valence-electron chi connectivity index (χ3n) is 6.66. The number of carbonyl (C=O) groups is 2. The first-order valence-electron chi connectivity index (χ1n) is 13.5. The van der Waals surface area contributed by atoms with Crippen LogP contribution in [0.1, 0.15) is 59.6 Å². The zero-order valence-corrected chi connectivity index (χ0v) is 25.0. The van der Waals surface area contributed by atoms with Gasteiger partial charge in [0.2, 0.25) is 0 Å². The highest BCUT2D eigenvalue weighted by Crippen LogP contribution is 2.44. The highest BCUT2D eigenvalue weighted by molar-refractivity contribution is 7.13. The molecule has 10 nitrogen and oxygen atoms in total. The predicted molar refractivity (Wildman–Crippen MR) is 148 cm³/mol. The molecule has 0 radical (unpaired) electrons. The fraction of sp³-hybridized carbons (Fsp3) is 0.571. The molecule has 42 heavy (non-hydrogen) atoms. The van der Waals surface area contributed by atoms with Gasteiger partial charge < -0.3 is 23.5 Å². The molecule has 0 N–H and O–H groups in total. The van der Waals surface area contributed by atoms with Gasteiger partial charge in [0.15, 0.2) is 11.7 Å². The fourth-order valence-electron chi connectivity index (χ4n) is 5.15. The fourth-order valence-corrected chi connectivity index (χ4v) is 5.81. The molecule has 0 spiro atoms. The number of thiazole rings is 1. The van der Waals surface area contributed by atoms with Crippen molar-refractivity contribution in [3.8, 4) is 10.6 Å². The smallest absolute Gasteiger partial charge is 0.418 e. The summed E-state index contributed by atoms with van der Waals surface area (Å²) in [6.07, 6.45) is -5.36. The van der Waals surface area contributed by atoms with E-state index in [4.69, 9.17) is 18.6 Å². The maximum absolute atomic E-state index is 14.3. The number of anilines is 1. The summed E-state index contributed by atoms with van der Waals surface area (Å²) < 4.78 is 65.0. The van der Waals surface area contributed by atoms with Crippen LogP contribution in [0.25, 0.3) is 21.7 Å². The normalized spacial score (nSPS) is 19.9. The molecule has 5 heterocycles. The number of aromatic nitrogens is 2. The Bertz CT molecular complexity index is 1450. The van der Waals surface area contributed by atoms with Crippen molar-refractivity contribution in [3.63, 3.8) is 0 Å². The lowest BCUT2D eigenvalue weighted by atomic mass is 9.88. The van der Waals surface area contributed by atoms with Gasteiger partial charge in [-0.2, -0.15) is 18.2 Å². The van der Waals surface area contributed by atoms with Crippen molar-refractivity contribution < 1.29 is 41.4 Å². The van der Waals surface area contributed by atoms with E-state index in [9.17, 15) is 22.8 Å². The first-order chi connectivity index (χ1) is 19.5. The maximum atomic E-state index is 14.3. The Morgan fingerprint density at radius 1 is 1.07 bits per heavy atom. The summed E-state index contributed by atoms with van der Waals surface area (Å²) in [5, 5.41) is 2.29. The Kier molecular flexibility index (Phi) is 7.67. The van der Waals surface area contributed by atoms with E-state index in [0.29, 0.717) is 23.7 Å². The quantitative estimate of drug-likeness (QED) is 0.306. The van der Waals surface area contributed by atoms with Crippen LogP contribution in [0, 0.1) is 0 Å². The van der Waals surface area contributed by atoms with Crippen LogP contribution in [0.5, 0.6) is 0 Å². The van der Waals surface area contributed by atoms with E-state index in [1.54, 1.807) is 58.0 Å². The standard InChI is InChI=1S/C28H33F3N4O6S/c1-26(2,3)40-19(36)14-38-22(28(29,30)31)17-7-8-18(23-32-9-10-42-23)21-20(17)33-24(39-21)34-12-15-11-16(13-34)35(15)25(37)41-27(4,5)6/h7-10,15-16,22H,11-14H2,1-6H3. The van der Waals surface area contributed by atoms with Crippen LogP contribution in [0.15, 0.2) is 28.1 Å². The van der Waals surface area contributed by atoms with Crippen LogP contribution in [-0.2, 0) is 19.0 Å². The van der Waals surface area contributed by atoms with E-state index < -0.39 is 42.2 Å². The van der Waals surface area contributed by atoms with Crippen LogP contribution in [0.2, 0.25) is 0 Å². The molecule has 3 fully saturated rings. The molecule has 3 atom stereocenters. The number of ether oxygens (including phenoxy) is 3. The maximum Gasteiger partial charge on any atom is 0.418 e. The van der Waals surface area contributed by atoms with E-state index in [-0.39, 0.29) is 34.8 Å². The second-order valence-electron chi connectivity index (χ2n) is 12.4. The molecule has 2 bridgehead atoms. The number of hydrogen-bond acceptors (Lipinski definition) is 10. The molecule has 3 aliphatic heterocycles. The molecule has 14 heteroatoms. The van der Waals surface area contributed by atoms with Gasteiger partial charge in [-0.25, -0.2) is 14.6 Å². The summed E-state index contributed by atoms with van der Waals surface area (Å²) in [6.45, 7) is 10.1. The lowest BCUT2D eigenvalue weighted by Gasteiger charge is -2.55. The van der Waals surface area contributed by atoms with Crippen molar-refractivity contribution in [2.24, 2.45) is 0 Å². The molecule has 3 aromatic rings. The molecular formula is C28H33F3N4O6S. The van der Waals surface area contributed by atoms with Crippen LogP contribution in [0.4, 0.5) is 24.0 Å². The summed E-state index contributed by atoms with van der Waals surface area (Å²) in [6, 6.07) is 2.59. The van der Waals surface area contributed by atoms with Gasteiger partial charge in [-0.1, -0.05) is 6.07 Å². The molecule has 3 aliphatic rings. The lowest BCUT2D eigenvalue weighted by molar-refractivity contribution is -0.226. The van der Waals surface area contributed by atoms with Crippen LogP contribution in [0.3, 0.4) is 0 Å². The van der Waals surface area contributed by atoms with Crippen molar-refractivity contribution in [3.05, 3.63) is 29.3 Å². The van der Waals surface area contributed by atoms with Crippen molar-refractivity contribution in [2.45, 2.75) is 83.5 Å². The van der Waals surface area contributed by atoms with Gasteiger partial charge in [0, 0.05) is 30.2 Å². The number of hydrogen-bond donors (Lipinski definition) is 0. The number of halogens is 3. The second kappa shape index (κ2) is 10.7. The highest BCUT2D eigenvalue weighted by atomic mass is 32.1. The van der Waals surface area contributed by atoms with Crippen molar-refractivity contribution in [1.29, 1.82) is 0 Å². The number of piperidine rings is 1. The summed E-state index contributed by atoms with van der Waals surface area (Å²) >= 11 is 1.31. The number of piperazine rings is 1. The zero-order valence-electron chi connectivity index (χ0n) is 24.2. The van der Waals surface area contributed by atoms with Gasteiger partial charge >= 0.3 is 18.2 Å². The number of alkyl halides is 3. The molecular weight excluding hydrogens is 577 g/mol. The van der Waals surface area contributed by atoms with Crippen molar-refractivity contribution in [1.82, 2.24) is 14.9 Å². The minimum Gasteiger partial charge on any atom is -0.458 e. The third kappa shape index (κ3) is 6.33. The largest absolute Gasteiger partial charge is 0.458 e. The van der Waals surface area contributed by atoms with E-state index in [0.717, 1.165) is 6.42 Å². The molecule has 1 aromatic carbocycles. The molecule has 3 saturated heterocycles. The van der Waals surface area contributed by atoms with Crippen LogP contribution < -0.4 is 4.90 Å². The number of rotatable bonds is 6. The molecule has 0 saturated carbocycles. The first-order valence-corrected chi connectivity index (χ1v) is 14.4. The molecule has 228 valence electrons. The number of nitrogens with zero attached hydrogens (tertiary/aromatic N) is 4. The average Bonchev–Trinajstić information content (AvgIpc) is 3.52. The average molecular weight is 611 g/mol. The Labute approximate surface area is 244 Å². The Morgan fingerprint density at radius 3 is 2.31 bits per heavy atom. The van der Waals surface area contributed by atoms with E-state index >= 15 is 0 Å². The Hall–Kier alpha value is -3.39. The number of esters is 1. The minimum atomic E-state index is -4.86. The van der Waals surface area contributed by atoms with Gasteiger partial charge in [-0.3, -0.25) is 4.90 Å². The van der Waals surface area contributed by atoms with Gasteiger partial charge in [0.05, 0.1) is 17.6 Å². The van der Waals surface area contributed by atoms with Gasteiger partial charge in [-0.05, 0) is 54.0 Å². The van der Waals surface area contributed by atoms with Crippen LogP contribution in [-0.4, -0.2) is 76.1 Å². The van der Waals surface area contributed by atoms with Gasteiger partial charge in [-0.15, -0.1) is 11.3 Å². The minimum absolute atomic E-state index is 0.0486. The van der Waals surface area contributed by atoms with E-state index in [2.05, 4.69) is 9.97 Å². The first kappa shape index (κ1) is 30.1. The van der Waals surface area contributed by atoms with Crippen molar-refractivity contribution in [2.75, 3.05) is 24.6 Å². The molecule has 3 unspecified atom stereocenters. The molecule has 2 aromatic heterocycles. The number of benzene rings is 1. The summed E-state index contributed by atoms with van der Waals surface area (Å²) in [4.78, 5) is 37.2. The summed E-state index contributed by atoms with van der Waals surface area (Å²) in [7, 11) is 0. The van der Waals surface area contributed by atoms with Gasteiger partial charge in [0.1, 0.15) is 28.3 Å². The number of oxazole rings is 1. The highest BCUT2D eigenvalue weighted by Gasteiger charge is 2.50. The molecule has 1 amide bonds. The van der Waals surface area contributed by atoms with Gasteiger partial charge in [0.25, 0.3) is 6.01 Å². The Balaban J connectivity index is 1.47. The topological polar surface area (TPSA) is 107 Å². The predicted octanol–water partition coefficient (Wildman–Crippen LogP) is 6.11. The number of fused-ring (bicyclic) bond motifs is 3. The molecule has 0 aliphatic carbocycles.